The number of primary amides is 2. The van der Waals surface area contributed by atoms with Crippen molar-refractivity contribution < 1.29 is 22.8 Å². The Kier molecular flexibility index (Phi) is 4.06. The van der Waals surface area contributed by atoms with Gasteiger partial charge in [0, 0.05) is 0 Å². The number of hydrogen-bond acceptors (Lipinski definition) is 4. The van der Waals surface area contributed by atoms with Gasteiger partial charge in [-0.05, 0) is 18.2 Å². The lowest BCUT2D eigenvalue weighted by molar-refractivity contribution is -0.137. The lowest BCUT2D eigenvalue weighted by Gasteiger charge is -2.22. The molecule has 0 aliphatic heterocycles. The van der Waals surface area contributed by atoms with Gasteiger partial charge in [0.1, 0.15) is 0 Å². The second-order valence-corrected chi connectivity index (χ2v) is 3.62. The van der Waals surface area contributed by atoms with Crippen LogP contribution in [0.1, 0.15) is 5.56 Å². The molecule has 1 rings (SSSR count). The van der Waals surface area contributed by atoms with E-state index in [4.69, 9.17) is 23.2 Å². The molecule has 0 aromatic heterocycles. The van der Waals surface area contributed by atoms with Crippen LogP contribution in [0.2, 0.25) is 0 Å². The summed E-state index contributed by atoms with van der Waals surface area (Å²) in [6, 6.07) is -0.0691. The number of hydrogen-bond donors (Lipinski definition) is 4. The van der Waals surface area contributed by atoms with Crippen LogP contribution >= 0.6 is 0 Å². The molecule has 0 spiro atoms. The standard InChI is InChI=1S/C9H11F3N6O2/c10-9(11,12)5-3-4(17(15)7(13)19)1-2-6(5)18(16)8(14)20/h1-3H,15-16H2,(H2,13,19)(H2,14,20). The first-order valence-corrected chi connectivity index (χ1v) is 4.95. The molecule has 0 heterocycles. The summed E-state index contributed by atoms with van der Waals surface area (Å²) in [6.45, 7) is 0. The largest absolute Gasteiger partial charge is 0.418 e. The normalized spacial score (nSPS) is 11.1. The van der Waals surface area contributed by atoms with Gasteiger partial charge in [-0.3, -0.25) is 0 Å². The molecule has 1 aromatic rings. The van der Waals surface area contributed by atoms with Gasteiger partial charge in [0.15, 0.2) is 0 Å². The lowest BCUT2D eigenvalue weighted by atomic mass is 10.1. The summed E-state index contributed by atoms with van der Waals surface area (Å²) in [5.41, 5.74) is 7.34. The van der Waals surface area contributed by atoms with E-state index in [1.54, 1.807) is 0 Å². The number of halogens is 3. The third-order valence-electron chi connectivity index (χ3n) is 2.30. The van der Waals surface area contributed by atoms with E-state index in [-0.39, 0.29) is 10.7 Å². The summed E-state index contributed by atoms with van der Waals surface area (Å²) < 4.78 is 38.7. The summed E-state index contributed by atoms with van der Waals surface area (Å²) in [4.78, 5) is 21.7. The average molecular weight is 292 g/mol. The maximum atomic E-state index is 12.9. The van der Waals surface area contributed by atoms with E-state index in [1.165, 1.54) is 0 Å². The Balaban J connectivity index is 3.42. The van der Waals surface area contributed by atoms with Gasteiger partial charge in [0.05, 0.1) is 16.9 Å². The molecule has 11 heteroatoms. The molecule has 0 aliphatic carbocycles. The Labute approximate surface area is 110 Å². The summed E-state index contributed by atoms with van der Waals surface area (Å²) in [5, 5.41) is 0.432. The number of hydrazine groups is 2. The number of amides is 4. The van der Waals surface area contributed by atoms with E-state index in [0.717, 1.165) is 12.1 Å². The van der Waals surface area contributed by atoms with Crippen molar-refractivity contribution in [2.75, 3.05) is 10.0 Å². The maximum Gasteiger partial charge on any atom is 0.418 e. The summed E-state index contributed by atoms with van der Waals surface area (Å²) in [6.07, 6.45) is -4.85. The Morgan fingerprint density at radius 1 is 1.00 bits per heavy atom. The Morgan fingerprint density at radius 3 is 1.90 bits per heavy atom. The van der Waals surface area contributed by atoms with E-state index < -0.39 is 29.5 Å². The highest BCUT2D eigenvalue weighted by molar-refractivity contribution is 5.93. The molecule has 0 saturated carbocycles. The summed E-state index contributed by atoms with van der Waals surface area (Å²) in [7, 11) is 0. The molecule has 4 amide bonds. The zero-order valence-electron chi connectivity index (χ0n) is 9.89. The van der Waals surface area contributed by atoms with Gasteiger partial charge in [0.2, 0.25) is 0 Å². The smallest absolute Gasteiger partial charge is 0.350 e. The van der Waals surface area contributed by atoms with Crippen molar-refractivity contribution in [3.8, 4) is 0 Å². The van der Waals surface area contributed by atoms with Crippen molar-refractivity contribution in [2.45, 2.75) is 6.18 Å². The topological polar surface area (TPSA) is 145 Å². The summed E-state index contributed by atoms with van der Waals surface area (Å²) >= 11 is 0. The van der Waals surface area contributed by atoms with Crippen LogP contribution in [0.5, 0.6) is 0 Å². The minimum Gasteiger partial charge on any atom is -0.350 e. The number of anilines is 2. The highest BCUT2D eigenvalue weighted by atomic mass is 19.4. The first-order chi connectivity index (χ1) is 9.05. The molecule has 110 valence electrons. The van der Waals surface area contributed by atoms with Gasteiger partial charge in [0.25, 0.3) is 0 Å². The van der Waals surface area contributed by atoms with Crippen LogP contribution in [-0.2, 0) is 6.18 Å². The van der Waals surface area contributed by atoms with Crippen molar-refractivity contribution in [3.05, 3.63) is 23.8 Å². The van der Waals surface area contributed by atoms with Crippen molar-refractivity contribution >= 4 is 23.4 Å². The zero-order chi connectivity index (χ0) is 15.7. The fourth-order valence-corrected chi connectivity index (χ4v) is 1.36. The lowest BCUT2D eigenvalue weighted by Crippen LogP contribution is -2.43. The molecule has 0 atom stereocenters. The van der Waals surface area contributed by atoms with Crippen molar-refractivity contribution in [2.24, 2.45) is 23.2 Å². The van der Waals surface area contributed by atoms with Gasteiger partial charge in [-0.2, -0.15) is 13.2 Å². The van der Waals surface area contributed by atoms with Gasteiger partial charge >= 0.3 is 18.2 Å². The van der Waals surface area contributed by atoms with Crippen molar-refractivity contribution in [1.82, 2.24) is 0 Å². The number of nitrogens with zero attached hydrogens (tertiary/aromatic N) is 2. The van der Waals surface area contributed by atoms with E-state index in [1.807, 2.05) is 0 Å². The quantitative estimate of drug-likeness (QED) is 0.351. The number of carbonyl (C=O) groups excluding carboxylic acids is 2. The van der Waals surface area contributed by atoms with Crippen molar-refractivity contribution in [3.63, 3.8) is 0 Å². The van der Waals surface area contributed by atoms with E-state index in [9.17, 15) is 22.8 Å². The number of benzene rings is 1. The van der Waals surface area contributed by atoms with Gasteiger partial charge in [-0.1, -0.05) is 0 Å². The van der Waals surface area contributed by atoms with Crippen LogP contribution in [-0.4, -0.2) is 12.1 Å². The average Bonchev–Trinajstić information content (AvgIpc) is 2.34. The van der Waals surface area contributed by atoms with Crippen molar-refractivity contribution in [1.29, 1.82) is 0 Å². The fourth-order valence-electron chi connectivity index (χ4n) is 1.36. The molecule has 20 heavy (non-hydrogen) atoms. The number of nitrogens with two attached hydrogens (primary N) is 4. The van der Waals surface area contributed by atoms with E-state index >= 15 is 0 Å². The molecular formula is C9H11F3N6O2. The van der Waals surface area contributed by atoms with Crippen LogP contribution in [0.4, 0.5) is 34.1 Å². The number of urea groups is 2. The molecular weight excluding hydrogens is 281 g/mol. The predicted molar refractivity (Wildman–Crippen MR) is 63.9 cm³/mol. The third kappa shape index (κ3) is 3.07. The molecule has 0 unspecified atom stereocenters. The molecule has 8 N–H and O–H groups in total. The number of carbonyl (C=O) groups is 2. The molecule has 0 fully saturated rings. The summed E-state index contributed by atoms with van der Waals surface area (Å²) in [5.74, 6) is 10.3. The van der Waals surface area contributed by atoms with Crippen LogP contribution in [0.15, 0.2) is 18.2 Å². The second-order valence-electron chi connectivity index (χ2n) is 3.62. The first kappa shape index (κ1) is 15.5. The van der Waals surface area contributed by atoms with Crippen LogP contribution in [0.3, 0.4) is 0 Å². The minimum absolute atomic E-state index is 0.123. The van der Waals surface area contributed by atoms with Gasteiger partial charge < -0.3 is 11.5 Å². The van der Waals surface area contributed by atoms with Crippen LogP contribution in [0, 0.1) is 0 Å². The Bertz CT molecular complexity index is 547. The molecule has 0 radical (unpaired) electrons. The predicted octanol–water partition coefficient (Wildman–Crippen LogP) is 0.223. The molecule has 8 nitrogen and oxygen atoms in total. The van der Waals surface area contributed by atoms with E-state index in [0.29, 0.717) is 11.1 Å². The molecule has 0 aliphatic rings. The zero-order valence-corrected chi connectivity index (χ0v) is 9.89. The maximum absolute atomic E-state index is 12.9. The SMILES string of the molecule is NC(=O)N(N)c1ccc(N(N)C(N)=O)c(C(F)(F)F)c1. The Hall–Kier alpha value is -2.53. The third-order valence-corrected chi connectivity index (χ3v) is 2.30. The first-order valence-electron chi connectivity index (χ1n) is 4.95. The van der Waals surface area contributed by atoms with E-state index in [2.05, 4.69) is 0 Å². The van der Waals surface area contributed by atoms with Crippen LogP contribution in [0.25, 0.3) is 0 Å². The highest BCUT2D eigenvalue weighted by Gasteiger charge is 2.36. The molecule has 0 saturated heterocycles. The van der Waals surface area contributed by atoms with Crippen LogP contribution < -0.4 is 33.2 Å². The monoisotopic (exact) mass is 292 g/mol. The number of rotatable bonds is 2. The van der Waals surface area contributed by atoms with Gasteiger partial charge in [-0.25, -0.2) is 31.3 Å². The van der Waals surface area contributed by atoms with Gasteiger partial charge in [-0.15, -0.1) is 0 Å². The minimum atomic E-state index is -4.85. The molecule has 0 bridgehead atoms. The second kappa shape index (κ2) is 5.22. The molecule has 1 aromatic carbocycles. The number of alkyl halides is 3. The highest BCUT2D eigenvalue weighted by Crippen LogP contribution is 2.38. The Morgan fingerprint density at radius 2 is 1.50 bits per heavy atom. The fraction of sp³-hybridized carbons (Fsp3) is 0.111.